The molecule has 43 heavy (non-hydrogen) atoms. The Balaban J connectivity index is 1.38. The maximum absolute atomic E-state index is 16.7. The van der Waals surface area contributed by atoms with Gasteiger partial charge in [-0.05, 0) is 62.2 Å². The predicted molar refractivity (Wildman–Crippen MR) is 160 cm³/mol. The highest BCUT2D eigenvalue weighted by molar-refractivity contribution is 6.03. The minimum atomic E-state index is -0.755. The SMILES string of the molecule is C#Cc1c(F)ccc2cc(O)cc(-c3ncc4c(N5CCC=CCC5)nc(OC[C@]56CCCN5C[C@@H](O)C6)nc4c3F)c12. The number of aliphatic hydroxyl groups is 1. The Labute approximate surface area is 247 Å². The zero-order valence-corrected chi connectivity index (χ0v) is 23.6. The van der Waals surface area contributed by atoms with Crippen LogP contribution in [0.3, 0.4) is 0 Å². The van der Waals surface area contributed by atoms with E-state index in [1.807, 2.05) is 0 Å². The molecule has 0 saturated carbocycles. The lowest BCUT2D eigenvalue weighted by molar-refractivity contribution is 0.107. The number of aromatic nitrogens is 3. The molecule has 8 nitrogen and oxygen atoms in total. The second kappa shape index (κ2) is 10.7. The van der Waals surface area contributed by atoms with Crippen LogP contribution in [0.1, 0.15) is 37.7 Å². The van der Waals surface area contributed by atoms with Crippen LogP contribution in [0.4, 0.5) is 14.6 Å². The number of terminal acetylenes is 1. The molecule has 2 N–H and O–H groups in total. The second-order valence-corrected chi connectivity index (χ2v) is 11.6. The number of nitrogens with zero attached hydrogens (tertiary/aromatic N) is 5. The fraction of sp³-hybridized carbons (Fsp3) is 0.364. The van der Waals surface area contributed by atoms with Crippen LogP contribution < -0.4 is 9.64 Å². The van der Waals surface area contributed by atoms with Crippen LogP contribution in [-0.2, 0) is 0 Å². The summed E-state index contributed by atoms with van der Waals surface area (Å²) in [6.07, 6.45) is 15.1. The molecule has 2 saturated heterocycles. The third-order valence-electron chi connectivity index (χ3n) is 8.95. The Kier molecular flexibility index (Phi) is 6.87. The first-order valence-corrected chi connectivity index (χ1v) is 14.6. The molecular formula is C33H31F2N5O3. The summed E-state index contributed by atoms with van der Waals surface area (Å²) in [7, 11) is 0. The third-order valence-corrected chi connectivity index (χ3v) is 8.95. The van der Waals surface area contributed by atoms with Crippen molar-refractivity contribution in [1.29, 1.82) is 0 Å². The molecule has 2 atom stereocenters. The summed E-state index contributed by atoms with van der Waals surface area (Å²) < 4.78 is 37.7. The average molecular weight is 584 g/mol. The van der Waals surface area contributed by atoms with Gasteiger partial charge in [0.05, 0.1) is 22.6 Å². The number of hydrogen-bond acceptors (Lipinski definition) is 8. The molecule has 0 aliphatic carbocycles. The Bertz CT molecular complexity index is 1810. The maximum Gasteiger partial charge on any atom is 0.319 e. The van der Waals surface area contributed by atoms with E-state index in [4.69, 9.17) is 16.1 Å². The molecule has 5 heterocycles. The van der Waals surface area contributed by atoms with E-state index in [1.165, 1.54) is 30.5 Å². The Hall–Kier alpha value is -4.33. The van der Waals surface area contributed by atoms with Crippen LogP contribution in [0.15, 0.2) is 42.6 Å². The molecule has 0 radical (unpaired) electrons. The van der Waals surface area contributed by atoms with Crippen LogP contribution in [0, 0.1) is 24.0 Å². The number of aliphatic hydroxyl groups excluding tert-OH is 1. The van der Waals surface area contributed by atoms with Crippen molar-refractivity contribution in [3.63, 3.8) is 0 Å². The van der Waals surface area contributed by atoms with Crippen molar-refractivity contribution >= 4 is 27.5 Å². The van der Waals surface area contributed by atoms with Crippen LogP contribution in [0.5, 0.6) is 11.8 Å². The number of phenols is 1. The molecule has 7 rings (SSSR count). The van der Waals surface area contributed by atoms with Crippen LogP contribution in [0.25, 0.3) is 32.9 Å². The lowest BCUT2D eigenvalue weighted by Gasteiger charge is -2.31. The van der Waals surface area contributed by atoms with E-state index in [9.17, 15) is 14.6 Å². The first-order chi connectivity index (χ1) is 20.9. The topological polar surface area (TPSA) is 94.8 Å². The van der Waals surface area contributed by atoms with Gasteiger partial charge in [0.2, 0.25) is 0 Å². The summed E-state index contributed by atoms with van der Waals surface area (Å²) >= 11 is 0. The predicted octanol–water partition coefficient (Wildman–Crippen LogP) is 4.94. The molecule has 3 aliphatic rings. The van der Waals surface area contributed by atoms with E-state index in [2.05, 4.69) is 37.8 Å². The first kappa shape index (κ1) is 27.5. The summed E-state index contributed by atoms with van der Waals surface area (Å²) in [4.78, 5) is 18.1. The molecule has 2 fully saturated rings. The van der Waals surface area contributed by atoms with Crippen molar-refractivity contribution in [2.75, 3.05) is 37.7 Å². The van der Waals surface area contributed by atoms with Gasteiger partial charge in [0, 0.05) is 36.8 Å². The number of ether oxygens (including phenoxy) is 1. The van der Waals surface area contributed by atoms with E-state index in [-0.39, 0.29) is 51.6 Å². The van der Waals surface area contributed by atoms with Crippen molar-refractivity contribution in [2.45, 2.75) is 43.7 Å². The van der Waals surface area contributed by atoms with Crippen LogP contribution >= 0.6 is 0 Å². The third kappa shape index (κ3) is 4.73. The van der Waals surface area contributed by atoms with E-state index < -0.39 is 17.7 Å². The van der Waals surface area contributed by atoms with Crippen molar-refractivity contribution in [1.82, 2.24) is 19.9 Å². The molecule has 2 aromatic carbocycles. The normalized spacial score (nSPS) is 22.2. The number of phenolic OH excluding ortho intramolecular Hbond substituents is 1. The number of pyridine rings is 1. The van der Waals surface area contributed by atoms with E-state index in [0.717, 1.165) is 32.2 Å². The van der Waals surface area contributed by atoms with E-state index in [1.54, 1.807) is 0 Å². The highest BCUT2D eigenvalue weighted by atomic mass is 19.1. The Morgan fingerprint density at radius 1 is 1.12 bits per heavy atom. The monoisotopic (exact) mass is 583 g/mol. The van der Waals surface area contributed by atoms with Crippen molar-refractivity contribution in [3.05, 3.63) is 59.8 Å². The van der Waals surface area contributed by atoms with Gasteiger partial charge in [0.25, 0.3) is 0 Å². The zero-order valence-electron chi connectivity index (χ0n) is 23.6. The number of benzene rings is 2. The van der Waals surface area contributed by atoms with Crippen molar-refractivity contribution in [2.24, 2.45) is 0 Å². The second-order valence-electron chi connectivity index (χ2n) is 11.6. The number of hydrogen-bond donors (Lipinski definition) is 2. The average Bonchev–Trinajstić information content (AvgIpc) is 3.37. The molecule has 0 unspecified atom stereocenters. The highest BCUT2D eigenvalue weighted by Crippen LogP contribution is 2.41. The van der Waals surface area contributed by atoms with Gasteiger partial charge in [-0.25, -0.2) is 8.78 Å². The molecule has 0 amide bonds. The summed E-state index contributed by atoms with van der Waals surface area (Å²) in [5, 5.41) is 22.0. The standard InChI is InChI=1S/C33H31F2N5O3/c1-2-23-26(34)9-8-20-14-21(41)15-24(27(20)23)29-28(35)30-25(17-36-29)31(39-11-5-3-4-6-12-39)38-32(37-30)43-19-33-10-7-13-40(33)18-22(42)16-33/h1,3-4,8-9,14-15,17,22,41-42H,5-7,10-13,16,18-19H2/t22-,33+/m0/s1. The number of anilines is 1. The first-order valence-electron chi connectivity index (χ1n) is 14.6. The molecule has 10 heteroatoms. The van der Waals surface area contributed by atoms with Gasteiger partial charge in [-0.2, -0.15) is 9.97 Å². The number of halogens is 2. The van der Waals surface area contributed by atoms with Gasteiger partial charge in [-0.1, -0.05) is 24.1 Å². The quantitative estimate of drug-likeness (QED) is 0.252. The Morgan fingerprint density at radius 2 is 1.93 bits per heavy atom. The molecular weight excluding hydrogens is 552 g/mol. The molecule has 0 spiro atoms. The summed E-state index contributed by atoms with van der Waals surface area (Å²) in [6.45, 7) is 3.13. The molecule has 3 aliphatic heterocycles. The molecule has 220 valence electrons. The van der Waals surface area contributed by atoms with E-state index >= 15 is 4.39 Å². The fourth-order valence-electron chi connectivity index (χ4n) is 6.98. The highest BCUT2D eigenvalue weighted by Gasteiger charge is 2.48. The fourth-order valence-corrected chi connectivity index (χ4v) is 6.98. The summed E-state index contributed by atoms with van der Waals surface area (Å²) in [6, 6.07) is 5.52. The maximum atomic E-state index is 16.7. The van der Waals surface area contributed by atoms with Gasteiger partial charge in [0.15, 0.2) is 5.82 Å². The number of aromatic hydroxyl groups is 1. The molecule has 4 aromatic rings. The number of fused-ring (bicyclic) bond motifs is 3. The minimum Gasteiger partial charge on any atom is -0.508 e. The number of β-amino-alcohol motifs (C(OH)–C–C–N with tert-alkyl or cyclic N) is 1. The van der Waals surface area contributed by atoms with Crippen LogP contribution in [-0.4, -0.2) is 74.5 Å². The molecule has 0 bridgehead atoms. The van der Waals surface area contributed by atoms with Gasteiger partial charge in [-0.3, -0.25) is 9.88 Å². The minimum absolute atomic E-state index is 0.00425. The van der Waals surface area contributed by atoms with Gasteiger partial charge >= 0.3 is 6.01 Å². The lowest BCUT2D eigenvalue weighted by atomic mass is 9.94. The molecule has 2 aromatic heterocycles. The van der Waals surface area contributed by atoms with E-state index in [0.29, 0.717) is 42.6 Å². The zero-order chi connectivity index (χ0) is 29.7. The summed E-state index contributed by atoms with van der Waals surface area (Å²) in [5.74, 6) is 1.37. The van der Waals surface area contributed by atoms with Gasteiger partial charge in [0.1, 0.15) is 35.2 Å². The smallest absolute Gasteiger partial charge is 0.319 e. The van der Waals surface area contributed by atoms with Crippen molar-refractivity contribution < 1.29 is 23.7 Å². The summed E-state index contributed by atoms with van der Waals surface area (Å²) in [5.41, 5.74) is -0.309. The largest absolute Gasteiger partial charge is 0.508 e. The number of rotatable bonds is 5. The van der Waals surface area contributed by atoms with Crippen molar-refractivity contribution in [3.8, 4) is 35.4 Å². The van der Waals surface area contributed by atoms with Crippen LogP contribution in [0.2, 0.25) is 0 Å². The van der Waals surface area contributed by atoms with Gasteiger partial charge in [-0.15, -0.1) is 6.42 Å². The lowest BCUT2D eigenvalue weighted by Crippen LogP contribution is -2.43. The van der Waals surface area contributed by atoms with Gasteiger partial charge < -0.3 is 19.8 Å². The Morgan fingerprint density at radius 3 is 2.72 bits per heavy atom.